The van der Waals surface area contributed by atoms with Crippen LogP contribution in [0.25, 0.3) is 0 Å². The van der Waals surface area contributed by atoms with Crippen LogP contribution in [0.3, 0.4) is 0 Å². The van der Waals surface area contributed by atoms with Crippen LogP contribution in [0.15, 0.2) is 36.5 Å². The van der Waals surface area contributed by atoms with Crippen molar-refractivity contribution in [3.8, 4) is 0 Å². The minimum absolute atomic E-state index is 0.0458. The van der Waals surface area contributed by atoms with Crippen LogP contribution in [-0.2, 0) is 11.3 Å². The maximum atomic E-state index is 12.5. The maximum Gasteiger partial charge on any atom is 0.247 e. The highest BCUT2D eigenvalue weighted by atomic mass is 35.5. The molecular formula is C22H26ClN5O. The Hall–Kier alpha value is -2.31. The topological polar surface area (TPSA) is 51.7 Å². The fourth-order valence-electron chi connectivity index (χ4n) is 4.66. The molecule has 0 spiro atoms. The van der Waals surface area contributed by atoms with E-state index in [9.17, 15) is 4.79 Å². The van der Waals surface area contributed by atoms with E-state index in [1.165, 1.54) is 5.69 Å². The van der Waals surface area contributed by atoms with Crippen molar-refractivity contribution in [2.24, 2.45) is 0 Å². The van der Waals surface area contributed by atoms with E-state index in [1.54, 1.807) is 0 Å². The molecule has 3 aliphatic heterocycles. The second-order valence-corrected chi connectivity index (χ2v) is 8.59. The molecule has 1 aromatic carbocycles. The quantitative estimate of drug-likeness (QED) is 0.839. The number of piperazine rings is 1. The van der Waals surface area contributed by atoms with Gasteiger partial charge in [0.15, 0.2) is 5.82 Å². The molecule has 1 N–H and O–H groups in total. The molecule has 0 aliphatic carbocycles. The van der Waals surface area contributed by atoms with Crippen molar-refractivity contribution in [1.29, 1.82) is 0 Å². The Balaban J connectivity index is 1.24. The third-order valence-electron chi connectivity index (χ3n) is 6.23. The number of hydrogen-bond acceptors (Lipinski definition) is 5. The predicted molar refractivity (Wildman–Crippen MR) is 117 cm³/mol. The molecule has 0 saturated carbocycles. The summed E-state index contributed by atoms with van der Waals surface area (Å²) in [6.45, 7) is 5.76. The molecule has 6 nitrogen and oxygen atoms in total. The van der Waals surface area contributed by atoms with Crippen molar-refractivity contribution in [2.75, 3.05) is 47.8 Å². The summed E-state index contributed by atoms with van der Waals surface area (Å²) in [5, 5.41) is 3.86. The molecule has 29 heavy (non-hydrogen) atoms. The molecule has 152 valence electrons. The number of aromatic nitrogens is 1. The number of carbonyl (C=O) groups is 1. The second kappa shape index (κ2) is 7.84. The fraction of sp³-hybridized carbons (Fsp3) is 0.455. The zero-order valence-electron chi connectivity index (χ0n) is 16.5. The predicted octanol–water partition coefficient (Wildman–Crippen LogP) is 3.37. The van der Waals surface area contributed by atoms with Gasteiger partial charge in [-0.2, -0.15) is 0 Å². The van der Waals surface area contributed by atoms with Crippen LogP contribution in [0.5, 0.6) is 0 Å². The van der Waals surface area contributed by atoms with E-state index in [1.807, 2.05) is 18.3 Å². The maximum absolute atomic E-state index is 12.5. The van der Waals surface area contributed by atoms with Gasteiger partial charge in [0.05, 0.1) is 5.69 Å². The van der Waals surface area contributed by atoms with Gasteiger partial charge in [-0.25, -0.2) is 4.98 Å². The minimum Gasteiger partial charge on any atom is -0.369 e. The molecule has 3 aliphatic rings. The van der Waals surface area contributed by atoms with Gasteiger partial charge in [-0.3, -0.25) is 9.69 Å². The van der Waals surface area contributed by atoms with Crippen LogP contribution in [0, 0.1) is 0 Å². The highest BCUT2D eigenvalue weighted by Crippen LogP contribution is 2.34. The summed E-state index contributed by atoms with van der Waals surface area (Å²) in [7, 11) is 0. The van der Waals surface area contributed by atoms with E-state index >= 15 is 0 Å². The number of hydrogen-bond donors (Lipinski definition) is 1. The fourth-order valence-corrected chi connectivity index (χ4v) is 4.78. The number of benzene rings is 1. The number of amides is 1. The molecular weight excluding hydrogens is 386 g/mol. The first-order valence-corrected chi connectivity index (χ1v) is 10.8. The highest BCUT2D eigenvalue weighted by molar-refractivity contribution is 6.30. The Bertz CT molecular complexity index is 895. The van der Waals surface area contributed by atoms with E-state index < -0.39 is 0 Å². The van der Waals surface area contributed by atoms with Crippen molar-refractivity contribution < 1.29 is 4.79 Å². The standard InChI is InChI=1S/C22H26ClN5O/c23-17-4-6-18(7-5-17)27-11-9-26(10-12-27)15-16-13-19-21(24-14-16)28-8-2-1-3-20(28)22(29)25-19/h4-7,13-14,20H,1-3,8-12,15H2,(H,25,29)/t20-/m0/s1. The van der Waals surface area contributed by atoms with Gasteiger partial charge in [-0.05, 0) is 55.2 Å². The second-order valence-electron chi connectivity index (χ2n) is 8.15. The summed E-state index contributed by atoms with van der Waals surface area (Å²) in [6, 6.07) is 10.1. The lowest BCUT2D eigenvalue weighted by Crippen LogP contribution is -2.51. The number of nitrogens with one attached hydrogen (secondary N) is 1. The van der Waals surface area contributed by atoms with Crippen molar-refractivity contribution in [3.05, 3.63) is 47.1 Å². The number of nitrogens with zero attached hydrogens (tertiary/aromatic N) is 4. The molecule has 4 heterocycles. The lowest BCUT2D eigenvalue weighted by atomic mass is 9.99. The number of fused-ring (bicyclic) bond motifs is 3. The number of halogens is 1. The van der Waals surface area contributed by atoms with Crippen LogP contribution in [0.4, 0.5) is 17.2 Å². The summed E-state index contributed by atoms with van der Waals surface area (Å²) in [5.74, 6) is 1.05. The van der Waals surface area contributed by atoms with E-state index in [0.717, 1.165) is 80.6 Å². The Morgan fingerprint density at radius 3 is 2.66 bits per heavy atom. The Labute approximate surface area is 176 Å². The van der Waals surface area contributed by atoms with Gasteiger partial charge in [0.1, 0.15) is 6.04 Å². The van der Waals surface area contributed by atoms with Gasteiger partial charge in [-0.15, -0.1) is 0 Å². The van der Waals surface area contributed by atoms with Crippen LogP contribution in [-0.4, -0.2) is 54.6 Å². The zero-order valence-corrected chi connectivity index (χ0v) is 17.2. The van der Waals surface area contributed by atoms with Gasteiger partial charge < -0.3 is 15.1 Å². The van der Waals surface area contributed by atoms with E-state index in [4.69, 9.17) is 16.6 Å². The molecule has 2 saturated heterocycles. The van der Waals surface area contributed by atoms with E-state index in [2.05, 4.69) is 38.2 Å². The SMILES string of the molecule is O=C1Nc2cc(CN3CCN(c4ccc(Cl)cc4)CC3)cnc2N2CCCC[C@@H]12. The zero-order chi connectivity index (χ0) is 19.8. The lowest BCUT2D eigenvalue weighted by Gasteiger charge is -2.40. The van der Waals surface area contributed by atoms with Crippen LogP contribution >= 0.6 is 11.6 Å². The molecule has 5 rings (SSSR count). The van der Waals surface area contributed by atoms with Crippen molar-refractivity contribution in [1.82, 2.24) is 9.88 Å². The number of rotatable bonds is 3. The smallest absolute Gasteiger partial charge is 0.247 e. The number of pyridine rings is 1. The molecule has 1 aromatic heterocycles. The van der Waals surface area contributed by atoms with Gasteiger partial charge >= 0.3 is 0 Å². The summed E-state index contributed by atoms with van der Waals surface area (Å²) >= 11 is 6.00. The minimum atomic E-state index is -0.0458. The largest absolute Gasteiger partial charge is 0.369 e. The first-order valence-electron chi connectivity index (χ1n) is 10.5. The molecule has 2 aromatic rings. The molecule has 7 heteroatoms. The Morgan fingerprint density at radius 1 is 1.07 bits per heavy atom. The van der Waals surface area contributed by atoms with Gasteiger partial charge in [-0.1, -0.05) is 11.6 Å². The first kappa shape index (κ1) is 18.7. The van der Waals surface area contributed by atoms with Crippen molar-refractivity contribution in [3.63, 3.8) is 0 Å². The normalized spacial score (nSPS) is 22.1. The molecule has 0 radical (unpaired) electrons. The number of carbonyl (C=O) groups excluding carboxylic acids is 1. The van der Waals surface area contributed by atoms with Gasteiger partial charge in [0.2, 0.25) is 5.91 Å². The van der Waals surface area contributed by atoms with Crippen molar-refractivity contribution >= 4 is 34.7 Å². The molecule has 0 unspecified atom stereocenters. The monoisotopic (exact) mass is 411 g/mol. The summed E-state index contributed by atoms with van der Waals surface area (Å²) < 4.78 is 0. The number of anilines is 3. The molecule has 0 bridgehead atoms. The third kappa shape index (κ3) is 3.79. The Kier molecular flexibility index (Phi) is 5.06. The average Bonchev–Trinajstić information content (AvgIpc) is 2.75. The van der Waals surface area contributed by atoms with Crippen LogP contribution in [0.2, 0.25) is 5.02 Å². The average molecular weight is 412 g/mol. The Morgan fingerprint density at radius 2 is 1.86 bits per heavy atom. The summed E-state index contributed by atoms with van der Waals surface area (Å²) in [4.78, 5) is 24.2. The van der Waals surface area contributed by atoms with Crippen LogP contribution in [0.1, 0.15) is 24.8 Å². The summed E-state index contributed by atoms with van der Waals surface area (Å²) in [6.07, 6.45) is 5.15. The van der Waals surface area contributed by atoms with Gasteiger partial charge in [0.25, 0.3) is 0 Å². The molecule has 2 fully saturated rings. The molecule has 1 atom stereocenters. The third-order valence-corrected chi connectivity index (χ3v) is 6.48. The summed E-state index contributed by atoms with van der Waals surface area (Å²) in [5.41, 5.74) is 3.24. The number of piperidine rings is 1. The lowest BCUT2D eigenvalue weighted by molar-refractivity contribution is -0.118. The van der Waals surface area contributed by atoms with Crippen LogP contribution < -0.4 is 15.1 Å². The highest BCUT2D eigenvalue weighted by Gasteiger charge is 2.35. The van der Waals surface area contributed by atoms with E-state index in [0.29, 0.717) is 0 Å². The first-order chi connectivity index (χ1) is 14.2. The van der Waals surface area contributed by atoms with E-state index in [-0.39, 0.29) is 11.9 Å². The van der Waals surface area contributed by atoms with Crippen molar-refractivity contribution in [2.45, 2.75) is 31.8 Å². The molecule has 1 amide bonds. The van der Waals surface area contributed by atoms with Gasteiger partial charge in [0, 0.05) is 56.2 Å².